The average Bonchev–Trinajstić information content (AvgIpc) is 2.45. The molecule has 1 rings (SSSR count). The van der Waals surface area contributed by atoms with Crippen molar-refractivity contribution < 1.29 is 9.53 Å². The number of rotatable bonds is 7. The molecule has 1 amide bonds. The number of aryl methyl sites for hydroxylation is 1. The van der Waals surface area contributed by atoms with Gasteiger partial charge in [-0.05, 0) is 37.0 Å². The molecule has 0 aliphatic rings. The Bertz CT molecular complexity index is 452. The summed E-state index contributed by atoms with van der Waals surface area (Å²) in [5.74, 6) is 1.15. The maximum Gasteiger partial charge on any atom is 0.220 e. The fraction of sp³-hybridized carbons (Fsp3) is 0.562. The number of hydrogen-bond donors (Lipinski definition) is 2. The smallest absolute Gasteiger partial charge is 0.220 e. The van der Waals surface area contributed by atoms with Gasteiger partial charge in [-0.25, -0.2) is 0 Å². The second-order valence-electron chi connectivity index (χ2n) is 5.68. The van der Waals surface area contributed by atoms with E-state index >= 15 is 0 Å². The van der Waals surface area contributed by atoms with Gasteiger partial charge in [-0.3, -0.25) is 4.79 Å². The molecule has 0 radical (unpaired) electrons. The molecule has 1 aromatic carbocycles. The van der Waals surface area contributed by atoms with Gasteiger partial charge >= 0.3 is 0 Å². The lowest BCUT2D eigenvalue weighted by atomic mass is 9.88. The van der Waals surface area contributed by atoms with Crippen LogP contribution in [-0.2, 0) is 11.2 Å². The molecule has 0 aliphatic heterocycles. The van der Waals surface area contributed by atoms with Crippen molar-refractivity contribution in [3.63, 3.8) is 0 Å². The van der Waals surface area contributed by atoms with Gasteiger partial charge in [-0.2, -0.15) is 0 Å². The summed E-state index contributed by atoms with van der Waals surface area (Å²) >= 11 is 0. The summed E-state index contributed by atoms with van der Waals surface area (Å²) in [4.78, 5) is 12.1. The monoisotopic (exact) mass is 314 g/mol. The largest absolute Gasteiger partial charge is 0.497 e. The molecule has 0 saturated carbocycles. The second-order valence-corrected chi connectivity index (χ2v) is 5.68. The number of ether oxygens (including phenoxy) is 1. The van der Waals surface area contributed by atoms with Gasteiger partial charge in [-0.1, -0.05) is 26.0 Å². The van der Waals surface area contributed by atoms with E-state index in [2.05, 4.69) is 19.2 Å². The SMILES string of the molecule is COc1cccc(CCC(=O)NC(C)(CN)C(C)C)c1.Cl. The Kier molecular flexibility index (Phi) is 8.37. The van der Waals surface area contributed by atoms with Gasteiger partial charge in [0.25, 0.3) is 0 Å². The van der Waals surface area contributed by atoms with E-state index in [9.17, 15) is 4.79 Å². The van der Waals surface area contributed by atoms with Crippen molar-refractivity contribution in [1.82, 2.24) is 5.32 Å². The van der Waals surface area contributed by atoms with E-state index in [4.69, 9.17) is 10.5 Å². The molecule has 21 heavy (non-hydrogen) atoms. The Morgan fingerprint density at radius 3 is 2.62 bits per heavy atom. The zero-order valence-corrected chi connectivity index (χ0v) is 14.1. The van der Waals surface area contributed by atoms with E-state index in [0.29, 0.717) is 25.3 Å². The first-order valence-electron chi connectivity index (χ1n) is 7.05. The van der Waals surface area contributed by atoms with Gasteiger partial charge in [0.05, 0.1) is 12.6 Å². The molecule has 0 heterocycles. The minimum atomic E-state index is -0.342. The molecule has 0 aromatic heterocycles. The van der Waals surface area contributed by atoms with Crippen molar-refractivity contribution in [2.75, 3.05) is 13.7 Å². The summed E-state index contributed by atoms with van der Waals surface area (Å²) in [6.07, 6.45) is 1.15. The van der Waals surface area contributed by atoms with Gasteiger partial charge in [-0.15, -0.1) is 12.4 Å². The number of hydrogen-bond acceptors (Lipinski definition) is 3. The molecule has 1 unspecified atom stereocenters. The van der Waals surface area contributed by atoms with Crippen molar-refractivity contribution in [3.05, 3.63) is 29.8 Å². The predicted octanol–water partition coefficient (Wildman–Crippen LogP) is 2.54. The van der Waals surface area contributed by atoms with Crippen LogP contribution in [0.5, 0.6) is 5.75 Å². The second kappa shape index (κ2) is 8.90. The third-order valence-corrected chi connectivity index (χ3v) is 3.90. The molecule has 0 saturated heterocycles. The van der Waals surface area contributed by atoms with Crippen molar-refractivity contribution in [3.8, 4) is 5.75 Å². The van der Waals surface area contributed by atoms with Crippen LogP contribution in [0.15, 0.2) is 24.3 Å². The van der Waals surface area contributed by atoms with Gasteiger partial charge < -0.3 is 15.8 Å². The molecule has 3 N–H and O–H groups in total. The van der Waals surface area contributed by atoms with Crippen LogP contribution in [-0.4, -0.2) is 25.1 Å². The summed E-state index contributed by atoms with van der Waals surface area (Å²) in [5.41, 5.74) is 6.52. The van der Waals surface area contributed by atoms with Crippen LogP contribution < -0.4 is 15.8 Å². The van der Waals surface area contributed by atoms with E-state index in [-0.39, 0.29) is 23.9 Å². The molecular weight excluding hydrogens is 288 g/mol. The Labute approximate surface area is 133 Å². The van der Waals surface area contributed by atoms with E-state index in [0.717, 1.165) is 11.3 Å². The minimum Gasteiger partial charge on any atom is -0.497 e. The zero-order valence-electron chi connectivity index (χ0n) is 13.3. The lowest BCUT2D eigenvalue weighted by Crippen LogP contribution is -2.55. The van der Waals surface area contributed by atoms with Crippen LogP contribution in [0.1, 0.15) is 32.8 Å². The Hall–Kier alpha value is -1.26. The minimum absolute atomic E-state index is 0. The first kappa shape index (κ1) is 19.7. The third-order valence-electron chi connectivity index (χ3n) is 3.90. The molecule has 1 aromatic rings. The number of halogens is 1. The fourth-order valence-electron chi connectivity index (χ4n) is 1.90. The number of nitrogens with one attached hydrogen (secondary N) is 1. The molecule has 1 atom stereocenters. The van der Waals surface area contributed by atoms with Gasteiger partial charge in [0, 0.05) is 13.0 Å². The first-order chi connectivity index (χ1) is 9.41. The standard InChI is InChI=1S/C16H26N2O2.ClH/c1-12(2)16(3,11-17)18-15(19)9-8-13-6-5-7-14(10-13)20-4;/h5-7,10,12H,8-9,11,17H2,1-4H3,(H,18,19);1H. The predicted molar refractivity (Wildman–Crippen MR) is 89.0 cm³/mol. The molecule has 4 nitrogen and oxygen atoms in total. The molecule has 5 heteroatoms. The lowest BCUT2D eigenvalue weighted by Gasteiger charge is -2.33. The highest BCUT2D eigenvalue weighted by Gasteiger charge is 2.28. The third kappa shape index (κ3) is 5.94. The van der Waals surface area contributed by atoms with Gasteiger partial charge in [0.15, 0.2) is 0 Å². The van der Waals surface area contributed by atoms with Crippen LogP contribution in [0.3, 0.4) is 0 Å². The van der Waals surface area contributed by atoms with Crippen LogP contribution >= 0.6 is 12.4 Å². The quantitative estimate of drug-likeness (QED) is 0.813. The summed E-state index contributed by atoms with van der Waals surface area (Å²) in [7, 11) is 1.64. The van der Waals surface area contributed by atoms with Gasteiger partial charge in [0.2, 0.25) is 5.91 Å². The number of nitrogens with two attached hydrogens (primary N) is 1. The molecular formula is C16H27ClN2O2. The van der Waals surface area contributed by atoms with Crippen molar-refractivity contribution in [2.45, 2.75) is 39.2 Å². The fourth-order valence-corrected chi connectivity index (χ4v) is 1.90. The summed E-state index contributed by atoms with van der Waals surface area (Å²) < 4.78 is 5.17. The lowest BCUT2D eigenvalue weighted by molar-refractivity contribution is -0.123. The molecule has 120 valence electrons. The van der Waals surface area contributed by atoms with Crippen molar-refractivity contribution >= 4 is 18.3 Å². The van der Waals surface area contributed by atoms with E-state index in [1.165, 1.54) is 0 Å². The van der Waals surface area contributed by atoms with E-state index in [1.54, 1.807) is 7.11 Å². The number of methoxy groups -OCH3 is 1. The molecule has 0 fully saturated rings. The van der Waals surface area contributed by atoms with Crippen molar-refractivity contribution in [2.24, 2.45) is 11.7 Å². The maximum absolute atomic E-state index is 12.1. The molecule has 0 aliphatic carbocycles. The summed E-state index contributed by atoms with van der Waals surface area (Å²) in [6.45, 7) is 6.56. The zero-order chi connectivity index (χ0) is 15.2. The van der Waals surface area contributed by atoms with Crippen LogP contribution in [0.4, 0.5) is 0 Å². The van der Waals surface area contributed by atoms with E-state index < -0.39 is 0 Å². The Morgan fingerprint density at radius 1 is 1.43 bits per heavy atom. The topological polar surface area (TPSA) is 64.3 Å². The number of benzene rings is 1. The number of carbonyl (C=O) groups excluding carboxylic acids is 1. The summed E-state index contributed by atoms with van der Waals surface area (Å²) in [6, 6.07) is 7.79. The highest BCUT2D eigenvalue weighted by atomic mass is 35.5. The number of amides is 1. The molecule has 0 spiro atoms. The normalized spacial score (nSPS) is 13.2. The molecule has 0 bridgehead atoms. The van der Waals surface area contributed by atoms with E-state index in [1.807, 2.05) is 31.2 Å². The Balaban J connectivity index is 0.00000400. The maximum atomic E-state index is 12.1. The Morgan fingerprint density at radius 2 is 2.10 bits per heavy atom. The van der Waals surface area contributed by atoms with Crippen molar-refractivity contribution in [1.29, 1.82) is 0 Å². The highest BCUT2D eigenvalue weighted by Crippen LogP contribution is 2.16. The first-order valence-corrected chi connectivity index (χ1v) is 7.05. The van der Waals surface area contributed by atoms with Gasteiger partial charge in [0.1, 0.15) is 5.75 Å². The highest BCUT2D eigenvalue weighted by molar-refractivity contribution is 5.85. The number of carbonyl (C=O) groups is 1. The van der Waals surface area contributed by atoms with Crippen LogP contribution in [0.2, 0.25) is 0 Å². The van der Waals surface area contributed by atoms with Crippen LogP contribution in [0.25, 0.3) is 0 Å². The van der Waals surface area contributed by atoms with Crippen LogP contribution in [0, 0.1) is 5.92 Å². The summed E-state index contributed by atoms with van der Waals surface area (Å²) in [5, 5.41) is 3.05. The average molecular weight is 315 g/mol.